The van der Waals surface area contributed by atoms with Crippen LogP contribution in [0, 0.1) is 0 Å². The first-order chi connectivity index (χ1) is 31.7. The first kappa shape index (κ1) is 35.2. The van der Waals surface area contributed by atoms with Crippen molar-refractivity contribution in [1.82, 2.24) is 9.13 Å². The lowest BCUT2D eigenvalue weighted by Gasteiger charge is -2.12. The van der Waals surface area contributed by atoms with Crippen LogP contribution in [0.4, 0.5) is 0 Å². The first-order valence-electron chi connectivity index (χ1n) is 22.2. The number of hydrogen-bond acceptors (Lipinski definition) is 0. The predicted octanol–water partition coefficient (Wildman–Crippen LogP) is 16.8. The van der Waals surface area contributed by atoms with Gasteiger partial charge in [-0.05, 0) is 150 Å². The van der Waals surface area contributed by atoms with E-state index in [9.17, 15) is 0 Å². The van der Waals surface area contributed by atoms with Crippen molar-refractivity contribution in [1.29, 1.82) is 0 Å². The van der Waals surface area contributed by atoms with E-state index in [1.165, 1.54) is 126 Å². The average Bonchev–Trinajstić information content (AvgIpc) is 4.00. The molecular formula is C62H38N2. The number of para-hydroxylation sites is 3. The van der Waals surface area contributed by atoms with E-state index < -0.39 is 0 Å². The van der Waals surface area contributed by atoms with Gasteiger partial charge in [-0.3, -0.25) is 0 Å². The molecule has 11 aromatic carbocycles. The Morgan fingerprint density at radius 1 is 0.219 bits per heavy atom. The molecule has 2 nitrogen and oxygen atoms in total. The number of hydrogen-bond donors (Lipinski definition) is 0. The Bertz CT molecular complexity index is 4050. The monoisotopic (exact) mass is 810 g/mol. The summed E-state index contributed by atoms with van der Waals surface area (Å²) >= 11 is 0. The van der Waals surface area contributed by atoms with E-state index in [1.54, 1.807) is 0 Å². The standard InChI is InChI=1S/C62H38N2/c1-2-13-46(14-3-1)63-58-19-8-6-15-50(58)56-37-44(26-33-60(56)63)45-27-34-61-57(38-45)51-16-7-9-20-59(51)64(61)47-28-23-40(24-29-47)48-31-32-54-49-30-25-43(36-55(49)53-18-10-17-52(48)62(53)54)42-22-21-39-11-4-5-12-41(39)35-42/h1-38H. The Morgan fingerprint density at radius 3 is 1.42 bits per heavy atom. The lowest BCUT2D eigenvalue weighted by Crippen LogP contribution is -1.94. The number of nitrogens with zero attached hydrogens (tertiary/aromatic N) is 2. The summed E-state index contributed by atoms with van der Waals surface area (Å²) in [7, 11) is 0. The van der Waals surface area contributed by atoms with Gasteiger partial charge in [0.05, 0.1) is 22.1 Å². The van der Waals surface area contributed by atoms with Crippen LogP contribution in [-0.4, -0.2) is 9.13 Å². The summed E-state index contributed by atoms with van der Waals surface area (Å²) in [5.41, 5.74) is 19.8. The molecule has 296 valence electrons. The number of fused-ring (bicyclic) bond motifs is 10. The van der Waals surface area contributed by atoms with E-state index in [1.807, 2.05) is 0 Å². The molecule has 1 aliphatic rings. The van der Waals surface area contributed by atoms with E-state index in [2.05, 4.69) is 240 Å². The molecule has 0 amide bonds. The molecule has 0 aliphatic heterocycles. The van der Waals surface area contributed by atoms with Crippen molar-refractivity contribution >= 4 is 65.2 Å². The summed E-state index contributed by atoms with van der Waals surface area (Å²) in [6, 6.07) is 85.2. The van der Waals surface area contributed by atoms with Crippen LogP contribution in [0.5, 0.6) is 0 Å². The quantitative estimate of drug-likeness (QED) is 0.164. The largest absolute Gasteiger partial charge is 0.309 e. The van der Waals surface area contributed by atoms with Gasteiger partial charge in [0.15, 0.2) is 0 Å². The van der Waals surface area contributed by atoms with Gasteiger partial charge in [-0.1, -0.05) is 158 Å². The fraction of sp³-hybridized carbons (Fsp3) is 0. The van der Waals surface area contributed by atoms with Crippen molar-refractivity contribution in [3.8, 4) is 67.0 Å². The lowest BCUT2D eigenvalue weighted by atomic mass is 9.94. The van der Waals surface area contributed by atoms with Gasteiger partial charge in [-0.15, -0.1) is 0 Å². The fourth-order valence-corrected chi connectivity index (χ4v) is 10.9. The SMILES string of the molecule is c1ccc(-n2c3ccccc3c3cc(-c4ccc5c(c4)c4ccccc4n5-c4ccc(-c5ccc6c7c(cccc57)-c5cc(-c7ccc8ccccc8c7)ccc5-6)cc4)ccc32)cc1. The topological polar surface area (TPSA) is 9.86 Å². The van der Waals surface area contributed by atoms with Crippen LogP contribution in [0.1, 0.15) is 0 Å². The molecule has 0 bridgehead atoms. The third-order valence-corrected chi connectivity index (χ3v) is 13.9. The maximum absolute atomic E-state index is 2.42. The van der Waals surface area contributed by atoms with Gasteiger partial charge >= 0.3 is 0 Å². The van der Waals surface area contributed by atoms with Gasteiger partial charge in [-0.25, -0.2) is 0 Å². The van der Waals surface area contributed by atoms with Crippen LogP contribution in [-0.2, 0) is 0 Å². The van der Waals surface area contributed by atoms with Crippen LogP contribution >= 0.6 is 0 Å². The highest BCUT2D eigenvalue weighted by Crippen LogP contribution is 2.50. The highest BCUT2D eigenvalue weighted by Gasteiger charge is 2.24. The number of benzene rings is 11. The van der Waals surface area contributed by atoms with Crippen LogP contribution in [0.25, 0.3) is 132 Å². The molecule has 1 aliphatic carbocycles. The summed E-state index contributed by atoms with van der Waals surface area (Å²) in [4.78, 5) is 0. The summed E-state index contributed by atoms with van der Waals surface area (Å²) < 4.78 is 4.80. The van der Waals surface area contributed by atoms with E-state index >= 15 is 0 Å². The van der Waals surface area contributed by atoms with Gasteiger partial charge in [0.1, 0.15) is 0 Å². The van der Waals surface area contributed by atoms with Crippen molar-refractivity contribution in [2.75, 3.05) is 0 Å². The zero-order valence-electron chi connectivity index (χ0n) is 34.8. The van der Waals surface area contributed by atoms with Gasteiger partial charge < -0.3 is 9.13 Å². The molecule has 0 saturated carbocycles. The minimum absolute atomic E-state index is 1.15. The van der Waals surface area contributed by atoms with Crippen molar-refractivity contribution in [3.05, 3.63) is 231 Å². The molecule has 2 heteroatoms. The van der Waals surface area contributed by atoms with Gasteiger partial charge in [0, 0.05) is 32.9 Å². The Hall–Kier alpha value is -8.46. The zero-order valence-corrected chi connectivity index (χ0v) is 34.8. The molecule has 2 aromatic heterocycles. The van der Waals surface area contributed by atoms with Crippen molar-refractivity contribution in [2.24, 2.45) is 0 Å². The summed E-state index contributed by atoms with van der Waals surface area (Å²) in [5.74, 6) is 0. The molecule has 2 heterocycles. The second-order valence-corrected chi connectivity index (χ2v) is 17.3. The molecule has 64 heavy (non-hydrogen) atoms. The van der Waals surface area contributed by atoms with Gasteiger partial charge in [0.25, 0.3) is 0 Å². The molecule has 0 N–H and O–H groups in total. The third kappa shape index (κ3) is 5.14. The highest BCUT2D eigenvalue weighted by molar-refractivity contribution is 6.19. The third-order valence-electron chi connectivity index (χ3n) is 13.9. The predicted molar refractivity (Wildman–Crippen MR) is 271 cm³/mol. The molecule has 0 fully saturated rings. The normalized spacial score (nSPS) is 12.1. The molecule has 14 rings (SSSR count). The molecule has 0 atom stereocenters. The molecule has 0 saturated heterocycles. The van der Waals surface area contributed by atoms with E-state index in [0.717, 1.165) is 5.69 Å². The molecule has 0 radical (unpaired) electrons. The fourth-order valence-electron chi connectivity index (χ4n) is 10.9. The molecule has 0 spiro atoms. The second kappa shape index (κ2) is 13.5. The second-order valence-electron chi connectivity index (χ2n) is 17.3. The Morgan fingerprint density at radius 2 is 0.703 bits per heavy atom. The van der Waals surface area contributed by atoms with Crippen LogP contribution in [0.2, 0.25) is 0 Å². The summed E-state index contributed by atoms with van der Waals surface area (Å²) in [6.07, 6.45) is 0. The van der Waals surface area contributed by atoms with Crippen molar-refractivity contribution < 1.29 is 0 Å². The molecule has 0 unspecified atom stereocenters. The molecular weight excluding hydrogens is 773 g/mol. The van der Waals surface area contributed by atoms with Gasteiger partial charge in [-0.2, -0.15) is 0 Å². The maximum atomic E-state index is 2.42. The highest BCUT2D eigenvalue weighted by atomic mass is 15.0. The maximum Gasteiger partial charge on any atom is 0.0541 e. The van der Waals surface area contributed by atoms with Crippen molar-refractivity contribution in [2.45, 2.75) is 0 Å². The van der Waals surface area contributed by atoms with Crippen molar-refractivity contribution in [3.63, 3.8) is 0 Å². The lowest BCUT2D eigenvalue weighted by molar-refractivity contribution is 1.18. The van der Waals surface area contributed by atoms with E-state index in [4.69, 9.17) is 0 Å². The Balaban J connectivity index is 0.837. The number of rotatable bonds is 5. The van der Waals surface area contributed by atoms with Crippen LogP contribution < -0.4 is 0 Å². The van der Waals surface area contributed by atoms with E-state index in [-0.39, 0.29) is 0 Å². The summed E-state index contributed by atoms with van der Waals surface area (Å²) in [5, 5.41) is 10.2. The van der Waals surface area contributed by atoms with Gasteiger partial charge in [0.2, 0.25) is 0 Å². The Labute approximate surface area is 370 Å². The van der Waals surface area contributed by atoms with Crippen LogP contribution in [0.3, 0.4) is 0 Å². The zero-order chi connectivity index (χ0) is 41.9. The molecule has 13 aromatic rings. The minimum atomic E-state index is 1.15. The average molecular weight is 811 g/mol. The number of aromatic nitrogens is 2. The van der Waals surface area contributed by atoms with Crippen LogP contribution in [0.15, 0.2) is 231 Å². The van der Waals surface area contributed by atoms with E-state index in [0.29, 0.717) is 0 Å². The summed E-state index contributed by atoms with van der Waals surface area (Å²) in [6.45, 7) is 0. The first-order valence-corrected chi connectivity index (χ1v) is 22.2. The smallest absolute Gasteiger partial charge is 0.0541 e. The Kier molecular flexibility index (Phi) is 7.43. The minimum Gasteiger partial charge on any atom is -0.309 e.